The van der Waals surface area contributed by atoms with Crippen LogP contribution in [0, 0.1) is 35.5 Å². The first-order valence-corrected chi connectivity index (χ1v) is 13.5. The maximum absolute atomic E-state index is 13.8. The van der Waals surface area contributed by atoms with Gasteiger partial charge in [-0.3, -0.25) is 4.79 Å². The van der Waals surface area contributed by atoms with Crippen molar-refractivity contribution in [2.45, 2.75) is 63.7 Å². The van der Waals surface area contributed by atoms with Gasteiger partial charge in [0, 0.05) is 24.9 Å². The van der Waals surface area contributed by atoms with Crippen molar-refractivity contribution >= 4 is 5.91 Å². The number of carbonyl (C=O) groups is 1. The standard InChI is InChI=1S/C31H39NO/c1-22-25-17-28-19-26(22)20-29(18-25)31(28,27-10-6-3-7-11-27)21-30(33)32-14-12-24(13-15-32)16-23-8-4-2-5-9-23/h2-11,22,24-26,28-29H,12-21H2,1H3. The summed E-state index contributed by atoms with van der Waals surface area (Å²) >= 11 is 0. The van der Waals surface area contributed by atoms with Crippen LogP contribution in [-0.4, -0.2) is 23.9 Å². The molecular weight excluding hydrogens is 402 g/mol. The zero-order chi connectivity index (χ0) is 22.4. The van der Waals surface area contributed by atoms with E-state index in [-0.39, 0.29) is 5.41 Å². The van der Waals surface area contributed by atoms with E-state index in [0.717, 1.165) is 56.5 Å². The largest absolute Gasteiger partial charge is 0.343 e. The van der Waals surface area contributed by atoms with Crippen LogP contribution in [0.3, 0.4) is 0 Å². The summed E-state index contributed by atoms with van der Waals surface area (Å²) in [5, 5.41) is 0. The van der Waals surface area contributed by atoms with Crippen molar-refractivity contribution in [3.05, 3.63) is 71.8 Å². The Kier molecular flexibility index (Phi) is 5.59. The maximum atomic E-state index is 13.8. The highest BCUT2D eigenvalue weighted by atomic mass is 16.2. The fourth-order valence-corrected chi connectivity index (χ4v) is 8.57. The first kappa shape index (κ1) is 21.4. The Morgan fingerprint density at radius 2 is 1.39 bits per heavy atom. The second kappa shape index (κ2) is 8.60. The van der Waals surface area contributed by atoms with Crippen LogP contribution < -0.4 is 0 Å². The second-order valence-corrected chi connectivity index (χ2v) is 11.8. The van der Waals surface area contributed by atoms with Gasteiger partial charge in [0.2, 0.25) is 5.91 Å². The van der Waals surface area contributed by atoms with Crippen LogP contribution in [0.4, 0.5) is 0 Å². The Morgan fingerprint density at radius 3 is 1.97 bits per heavy atom. The summed E-state index contributed by atoms with van der Waals surface area (Å²) in [7, 11) is 0. The van der Waals surface area contributed by atoms with Crippen LogP contribution in [0.2, 0.25) is 0 Å². The van der Waals surface area contributed by atoms with Crippen LogP contribution in [0.15, 0.2) is 60.7 Å². The molecule has 0 N–H and O–H groups in total. The lowest BCUT2D eigenvalue weighted by atomic mass is 9.41. The molecule has 2 nitrogen and oxygen atoms in total. The summed E-state index contributed by atoms with van der Waals surface area (Å²) in [4.78, 5) is 16.0. The number of carbonyl (C=O) groups excluding carboxylic acids is 1. The lowest BCUT2D eigenvalue weighted by Crippen LogP contribution is -2.59. The molecule has 4 saturated carbocycles. The van der Waals surface area contributed by atoms with E-state index in [1.165, 1.54) is 36.8 Å². The minimum absolute atomic E-state index is 0.0758. The van der Waals surface area contributed by atoms with Gasteiger partial charge < -0.3 is 4.90 Å². The van der Waals surface area contributed by atoms with Crippen molar-refractivity contribution in [1.29, 1.82) is 0 Å². The molecule has 5 fully saturated rings. The van der Waals surface area contributed by atoms with Crippen LogP contribution in [0.25, 0.3) is 0 Å². The van der Waals surface area contributed by atoms with Crippen molar-refractivity contribution in [2.75, 3.05) is 13.1 Å². The molecule has 2 heteroatoms. The normalized spacial score (nSPS) is 35.7. The minimum atomic E-state index is 0.0758. The van der Waals surface area contributed by atoms with Gasteiger partial charge in [-0.2, -0.15) is 0 Å². The molecule has 1 aliphatic heterocycles. The van der Waals surface area contributed by atoms with Crippen molar-refractivity contribution in [3.63, 3.8) is 0 Å². The number of amides is 1. The highest BCUT2D eigenvalue weighted by Crippen LogP contribution is 2.65. The average molecular weight is 442 g/mol. The van der Waals surface area contributed by atoms with Gasteiger partial charge in [-0.15, -0.1) is 0 Å². The highest BCUT2D eigenvalue weighted by molar-refractivity contribution is 5.78. The Morgan fingerprint density at radius 1 is 0.848 bits per heavy atom. The number of nitrogens with zero attached hydrogens (tertiary/aromatic N) is 1. The van der Waals surface area contributed by atoms with E-state index in [1.54, 1.807) is 0 Å². The quantitative estimate of drug-likeness (QED) is 0.519. The van der Waals surface area contributed by atoms with Gasteiger partial charge in [-0.25, -0.2) is 0 Å². The maximum Gasteiger partial charge on any atom is 0.223 e. The second-order valence-electron chi connectivity index (χ2n) is 11.8. The Balaban J connectivity index is 1.18. The average Bonchev–Trinajstić information content (AvgIpc) is 2.84. The number of hydrogen-bond donors (Lipinski definition) is 0. The number of benzene rings is 2. The summed E-state index contributed by atoms with van der Waals surface area (Å²) in [6, 6.07) is 22.1. The molecule has 4 bridgehead atoms. The number of likely N-dealkylation sites (tertiary alicyclic amines) is 1. The summed E-state index contributed by atoms with van der Waals surface area (Å²) in [6.07, 6.45) is 9.56. The highest BCUT2D eigenvalue weighted by Gasteiger charge is 2.60. The monoisotopic (exact) mass is 441 g/mol. The van der Waals surface area contributed by atoms with Gasteiger partial charge in [0.15, 0.2) is 0 Å². The molecule has 4 aliphatic carbocycles. The van der Waals surface area contributed by atoms with E-state index in [4.69, 9.17) is 0 Å². The fourth-order valence-electron chi connectivity index (χ4n) is 8.57. The number of piperidine rings is 1. The zero-order valence-corrected chi connectivity index (χ0v) is 20.2. The lowest BCUT2D eigenvalue weighted by molar-refractivity contribution is -0.143. The third-order valence-corrected chi connectivity index (χ3v) is 10.4. The molecule has 5 aliphatic rings. The van der Waals surface area contributed by atoms with E-state index in [0.29, 0.717) is 23.7 Å². The molecule has 1 amide bonds. The summed E-state index contributed by atoms with van der Waals surface area (Å²) in [5.74, 6) is 5.21. The van der Waals surface area contributed by atoms with Crippen molar-refractivity contribution in [2.24, 2.45) is 35.5 Å². The predicted octanol–water partition coefficient (Wildman–Crippen LogP) is 6.50. The Bertz CT molecular complexity index is 929. The molecule has 2 aromatic carbocycles. The number of rotatable bonds is 5. The Hall–Kier alpha value is -2.09. The summed E-state index contributed by atoms with van der Waals surface area (Å²) < 4.78 is 0. The van der Waals surface area contributed by atoms with Gasteiger partial charge >= 0.3 is 0 Å². The van der Waals surface area contributed by atoms with Gasteiger partial charge in [0.05, 0.1) is 0 Å². The zero-order valence-electron chi connectivity index (χ0n) is 20.2. The van der Waals surface area contributed by atoms with Crippen LogP contribution >= 0.6 is 0 Å². The van der Waals surface area contributed by atoms with Crippen LogP contribution in [0.5, 0.6) is 0 Å². The molecule has 1 heterocycles. The Labute approximate surface area is 199 Å². The molecule has 33 heavy (non-hydrogen) atoms. The van der Waals surface area contributed by atoms with Gasteiger partial charge in [-0.05, 0) is 91.6 Å². The molecule has 0 aromatic heterocycles. The van der Waals surface area contributed by atoms with Crippen molar-refractivity contribution in [1.82, 2.24) is 4.90 Å². The molecule has 174 valence electrons. The smallest absolute Gasteiger partial charge is 0.223 e. The first-order valence-electron chi connectivity index (χ1n) is 13.5. The predicted molar refractivity (Wildman–Crippen MR) is 134 cm³/mol. The van der Waals surface area contributed by atoms with E-state index >= 15 is 0 Å². The fraction of sp³-hybridized carbons (Fsp3) is 0.581. The molecule has 0 atom stereocenters. The molecule has 0 spiro atoms. The minimum Gasteiger partial charge on any atom is -0.343 e. The third-order valence-electron chi connectivity index (χ3n) is 10.4. The third kappa shape index (κ3) is 3.74. The lowest BCUT2D eigenvalue weighted by Gasteiger charge is -2.64. The molecule has 0 radical (unpaired) electrons. The van der Waals surface area contributed by atoms with Crippen LogP contribution in [-0.2, 0) is 16.6 Å². The molecule has 1 saturated heterocycles. The summed E-state index contributed by atoms with van der Waals surface area (Å²) in [6.45, 7) is 4.39. The van der Waals surface area contributed by atoms with E-state index < -0.39 is 0 Å². The molecule has 0 unspecified atom stereocenters. The van der Waals surface area contributed by atoms with E-state index in [2.05, 4.69) is 72.5 Å². The van der Waals surface area contributed by atoms with Gasteiger partial charge in [0.25, 0.3) is 0 Å². The van der Waals surface area contributed by atoms with E-state index in [9.17, 15) is 4.79 Å². The number of hydrogen-bond acceptors (Lipinski definition) is 1. The first-order chi connectivity index (χ1) is 16.1. The van der Waals surface area contributed by atoms with Crippen LogP contribution in [0.1, 0.15) is 63.0 Å². The SMILES string of the molecule is CC1C2CC3CC1CC(C2)C3(CC(=O)N1CCC(Cc2ccccc2)CC1)c1ccccc1. The van der Waals surface area contributed by atoms with Gasteiger partial charge in [-0.1, -0.05) is 67.6 Å². The molecule has 7 rings (SSSR count). The van der Waals surface area contributed by atoms with Crippen molar-refractivity contribution in [3.8, 4) is 0 Å². The van der Waals surface area contributed by atoms with E-state index in [1.807, 2.05) is 0 Å². The van der Waals surface area contributed by atoms with Gasteiger partial charge in [0.1, 0.15) is 0 Å². The van der Waals surface area contributed by atoms with Crippen molar-refractivity contribution < 1.29 is 4.79 Å². The molecule has 2 aromatic rings. The topological polar surface area (TPSA) is 20.3 Å². The summed E-state index contributed by atoms with van der Waals surface area (Å²) in [5.41, 5.74) is 2.97. The molecular formula is C31H39NO.